The number of amides is 2. The predicted octanol–water partition coefficient (Wildman–Crippen LogP) is 3.85. The molecule has 2 rings (SSSR count). The van der Waals surface area contributed by atoms with Crippen LogP contribution < -0.4 is 10.6 Å². The molecule has 98 valence electrons. The van der Waals surface area contributed by atoms with Crippen molar-refractivity contribution in [2.45, 2.75) is 0 Å². The van der Waals surface area contributed by atoms with Gasteiger partial charge < -0.3 is 15.7 Å². The fourth-order valence-corrected chi connectivity index (χ4v) is 2.40. The molecule has 0 unspecified atom stereocenters. The number of aromatic carboxylic acids is 1. The molecule has 0 saturated carbocycles. The van der Waals surface area contributed by atoms with Gasteiger partial charge in [0.2, 0.25) is 0 Å². The van der Waals surface area contributed by atoms with Crippen LogP contribution in [-0.2, 0) is 0 Å². The first kappa shape index (κ1) is 13.6. The number of carbonyl (C=O) groups excluding carboxylic acids is 1. The molecule has 1 heterocycles. The summed E-state index contributed by atoms with van der Waals surface area (Å²) in [4.78, 5) is 22.6. The summed E-state index contributed by atoms with van der Waals surface area (Å²) < 4.78 is 0.462. The Hall–Kier alpha value is -1.86. The van der Waals surface area contributed by atoms with Gasteiger partial charge in [-0.2, -0.15) is 11.3 Å². The zero-order valence-corrected chi connectivity index (χ0v) is 11.9. The predicted molar refractivity (Wildman–Crippen MR) is 78.1 cm³/mol. The van der Waals surface area contributed by atoms with E-state index >= 15 is 0 Å². The molecule has 1 aromatic heterocycles. The lowest BCUT2D eigenvalue weighted by atomic mass is 10.2. The van der Waals surface area contributed by atoms with E-state index in [0.29, 0.717) is 15.8 Å². The number of carbonyl (C=O) groups is 2. The standard InChI is InChI=1S/C12H9BrN2O3S/c13-10-2-1-7(5-9(10)11(16)17)14-12(18)15-8-3-4-19-6-8/h1-6H,(H,16,17)(H2,14,15,18). The highest BCUT2D eigenvalue weighted by molar-refractivity contribution is 9.10. The molecular weight excluding hydrogens is 332 g/mol. The lowest BCUT2D eigenvalue weighted by molar-refractivity contribution is 0.0696. The Bertz CT molecular complexity index is 613. The molecule has 19 heavy (non-hydrogen) atoms. The van der Waals surface area contributed by atoms with E-state index in [1.165, 1.54) is 17.4 Å². The molecule has 0 radical (unpaired) electrons. The van der Waals surface area contributed by atoms with E-state index in [1.54, 1.807) is 23.6 Å². The Kier molecular flexibility index (Phi) is 4.18. The van der Waals surface area contributed by atoms with E-state index in [-0.39, 0.29) is 5.56 Å². The highest BCUT2D eigenvalue weighted by atomic mass is 79.9. The van der Waals surface area contributed by atoms with Crippen molar-refractivity contribution in [3.63, 3.8) is 0 Å². The van der Waals surface area contributed by atoms with Crippen LogP contribution in [-0.4, -0.2) is 17.1 Å². The first-order chi connectivity index (χ1) is 9.06. The lowest BCUT2D eigenvalue weighted by Gasteiger charge is -2.07. The van der Waals surface area contributed by atoms with E-state index in [1.807, 2.05) is 5.38 Å². The third-order valence-corrected chi connectivity index (χ3v) is 3.61. The monoisotopic (exact) mass is 340 g/mol. The number of halogens is 1. The third kappa shape index (κ3) is 3.55. The van der Waals surface area contributed by atoms with Gasteiger partial charge in [-0.25, -0.2) is 9.59 Å². The molecule has 5 nitrogen and oxygen atoms in total. The van der Waals surface area contributed by atoms with Gasteiger partial charge in [0.05, 0.1) is 11.3 Å². The van der Waals surface area contributed by atoms with Gasteiger partial charge in [0.1, 0.15) is 0 Å². The lowest BCUT2D eigenvalue weighted by Crippen LogP contribution is -2.19. The summed E-state index contributed by atoms with van der Waals surface area (Å²) >= 11 is 4.61. The SMILES string of the molecule is O=C(Nc1ccsc1)Nc1ccc(Br)c(C(=O)O)c1. The third-order valence-electron chi connectivity index (χ3n) is 2.23. The maximum absolute atomic E-state index is 11.7. The Balaban J connectivity index is 2.09. The van der Waals surface area contributed by atoms with Crippen molar-refractivity contribution in [2.75, 3.05) is 10.6 Å². The van der Waals surface area contributed by atoms with E-state index in [0.717, 1.165) is 0 Å². The molecule has 2 amide bonds. The van der Waals surface area contributed by atoms with Crippen molar-refractivity contribution in [1.82, 2.24) is 0 Å². The van der Waals surface area contributed by atoms with Crippen molar-refractivity contribution < 1.29 is 14.7 Å². The first-order valence-corrected chi connectivity index (χ1v) is 6.93. The van der Waals surface area contributed by atoms with Crippen molar-refractivity contribution in [3.8, 4) is 0 Å². The Labute approximate surface area is 121 Å². The van der Waals surface area contributed by atoms with Crippen LogP contribution in [0.1, 0.15) is 10.4 Å². The molecule has 0 aliphatic rings. The molecule has 0 aliphatic heterocycles. The number of anilines is 2. The Morgan fingerprint density at radius 1 is 1.16 bits per heavy atom. The number of carboxylic acid groups (broad SMARTS) is 1. The first-order valence-electron chi connectivity index (χ1n) is 5.19. The largest absolute Gasteiger partial charge is 0.478 e. The number of hydrogen-bond donors (Lipinski definition) is 3. The second-order valence-electron chi connectivity index (χ2n) is 3.59. The van der Waals surface area contributed by atoms with Crippen LogP contribution in [0.4, 0.5) is 16.2 Å². The van der Waals surface area contributed by atoms with Crippen LogP contribution in [0.5, 0.6) is 0 Å². The van der Waals surface area contributed by atoms with Crippen LogP contribution in [0, 0.1) is 0 Å². The van der Waals surface area contributed by atoms with Crippen molar-refractivity contribution in [3.05, 3.63) is 45.1 Å². The van der Waals surface area contributed by atoms with Crippen LogP contribution in [0.3, 0.4) is 0 Å². The summed E-state index contributed by atoms with van der Waals surface area (Å²) in [7, 11) is 0. The average Bonchev–Trinajstić information content (AvgIpc) is 2.84. The van der Waals surface area contributed by atoms with Crippen LogP contribution >= 0.6 is 27.3 Å². The van der Waals surface area contributed by atoms with E-state index in [2.05, 4.69) is 26.6 Å². The zero-order chi connectivity index (χ0) is 13.8. The molecule has 0 saturated heterocycles. The normalized spacial score (nSPS) is 9.95. The molecule has 0 aliphatic carbocycles. The van der Waals surface area contributed by atoms with Crippen LogP contribution in [0.25, 0.3) is 0 Å². The van der Waals surface area contributed by atoms with Crippen molar-refractivity contribution in [2.24, 2.45) is 0 Å². The molecule has 1 aromatic carbocycles. The smallest absolute Gasteiger partial charge is 0.336 e. The summed E-state index contributed by atoms with van der Waals surface area (Å²) in [6.45, 7) is 0. The molecule has 0 spiro atoms. The number of hydrogen-bond acceptors (Lipinski definition) is 3. The number of thiophene rings is 1. The van der Waals surface area contributed by atoms with Gasteiger partial charge in [0.15, 0.2) is 0 Å². The molecule has 7 heteroatoms. The van der Waals surface area contributed by atoms with E-state index in [4.69, 9.17) is 5.11 Å². The summed E-state index contributed by atoms with van der Waals surface area (Å²) in [5.41, 5.74) is 1.19. The number of nitrogens with one attached hydrogen (secondary N) is 2. The molecular formula is C12H9BrN2O3S. The maximum atomic E-state index is 11.7. The number of carboxylic acids is 1. The van der Waals surface area contributed by atoms with Gasteiger partial charge in [0, 0.05) is 15.5 Å². The second-order valence-corrected chi connectivity index (χ2v) is 5.23. The number of urea groups is 1. The number of benzene rings is 1. The molecule has 0 atom stereocenters. The Morgan fingerprint density at radius 3 is 2.53 bits per heavy atom. The maximum Gasteiger partial charge on any atom is 0.336 e. The fourth-order valence-electron chi connectivity index (χ4n) is 1.40. The summed E-state index contributed by atoms with van der Waals surface area (Å²) in [5.74, 6) is -1.06. The van der Waals surface area contributed by atoms with Gasteiger partial charge in [-0.15, -0.1) is 0 Å². The fraction of sp³-hybridized carbons (Fsp3) is 0. The van der Waals surface area contributed by atoms with Crippen LogP contribution in [0.2, 0.25) is 0 Å². The van der Waals surface area contributed by atoms with Gasteiger partial charge in [-0.3, -0.25) is 0 Å². The number of rotatable bonds is 3. The summed E-state index contributed by atoms with van der Waals surface area (Å²) in [6, 6.07) is 5.93. The molecule has 0 fully saturated rings. The van der Waals surface area contributed by atoms with Gasteiger partial charge in [0.25, 0.3) is 0 Å². The minimum atomic E-state index is -1.06. The molecule has 3 N–H and O–H groups in total. The van der Waals surface area contributed by atoms with E-state index < -0.39 is 12.0 Å². The topological polar surface area (TPSA) is 78.4 Å². The van der Waals surface area contributed by atoms with Crippen molar-refractivity contribution in [1.29, 1.82) is 0 Å². The summed E-state index contributed by atoms with van der Waals surface area (Å²) in [5, 5.41) is 17.8. The minimum Gasteiger partial charge on any atom is -0.478 e. The van der Waals surface area contributed by atoms with Gasteiger partial charge in [-0.1, -0.05) is 0 Å². The highest BCUT2D eigenvalue weighted by Gasteiger charge is 2.10. The Morgan fingerprint density at radius 2 is 1.89 bits per heavy atom. The zero-order valence-electron chi connectivity index (χ0n) is 9.51. The van der Waals surface area contributed by atoms with Gasteiger partial charge in [-0.05, 0) is 45.6 Å². The molecule has 0 bridgehead atoms. The van der Waals surface area contributed by atoms with Crippen LogP contribution in [0.15, 0.2) is 39.5 Å². The summed E-state index contributed by atoms with van der Waals surface area (Å²) in [6.07, 6.45) is 0. The highest BCUT2D eigenvalue weighted by Crippen LogP contribution is 2.21. The molecule has 2 aromatic rings. The van der Waals surface area contributed by atoms with Crippen molar-refractivity contribution >= 4 is 50.6 Å². The average molecular weight is 341 g/mol. The van der Waals surface area contributed by atoms with E-state index in [9.17, 15) is 9.59 Å². The van der Waals surface area contributed by atoms with Gasteiger partial charge >= 0.3 is 12.0 Å². The second kappa shape index (κ2) is 5.85. The quantitative estimate of drug-likeness (QED) is 0.793. The minimum absolute atomic E-state index is 0.0910.